The van der Waals surface area contributed by atoms with E-state index in [1.54, 1.807) is 43.3 Å². The Hall–Kier alpha value is -3.57. The summed E-state index contributed by atoms with van der Waals surface area (Å²) in [4.78, 5) is 28.2. The summed E-state index contributed by atoms with van der Waals surface area (Å²) in [6.45, 7) is 1.78. The van der Waals surface area contributed by atoms with Crippen molar-refractivity contribution in [3.8, 4) is 5.75 Å². The molecule has 4 rings (SSSR count). The molecule has 6 heteroatoms. The first kappa shape index (κ1) is 19.7. The molecule has 0 aliphatic carbocycles. The zero-order valence-corrected chi connectivity index (χ0v) is 17.2. The molecule has 3 aromatic carbocycles. The average Bonchev–Trinajstić information content (AvgIpc) is 3.00. The predicted molar refractivity (Wildman–Crippen MR) is 119 cm³/mol. The van der Waals surface area contributed by atoms with Gasteiger partial charge in [-0.05, 0) is 42.8 Å². The number of benzene rings is 3. The Kier molecular flexibility index (Phi) is 5.29. The van der Waals surface area contributed by atoms with E-state index in [0.29, 0.717) is 33.3 Å². The quantitative estimate of drug-likeness (QED) is 0.589. The van der Waals surface area contributed by atoms with Crippen LogP contribution in [0.1, 0.15) is 11.1 Å². The van der Waals surface area contributed by atoms with Crippen molar-refractivity contribution < 1.29 is 14.3 Å². The molecule has 30 heavy (non-hydrogen) atoms. The van der Waals surface area contributed by atoms with Crippen LogP contribution in [0.2, 0.25) is 5.02 Å². The van der Waals surface area contributed by atoms with Gasteiger partial charge in [-0.2, -0.15) is 0 Å². The summed E-state index contributed by atoms with van der Waals surface area (Å²) in [5.41, 5.74) is 2.79. The van der Waals surface area contributed by atoms with Crippen molar-refractivity contribution in [3.63, 3.8) is 0 Å². The molecule has 0 unspecified atom stereocenters. The first-order valence-electron chi connectivity index (χ1n) is 9.36. The number of para-hydroxylation sites is 2. The zero-order chi connectivity index (χ0) is 21.3. The molecule has 0 fully saturated rings. The number of nitrogens with one attached hydrogen (secondary N) is 1. The molecule has 0 spiro atoms. The third-order valence-corrected chi connectivity index (χ3v) is 5.39. The molecule has 1 aliphatic rings. The first-order chi connectivity index (χ1) is 14.5. The van der Waals surface area contributed by atoms with E-state index < -0.39 is 11.8 Å². The van der Waals surface area contributed by atoms with E-state index in [0.717, 1.165) is 4.90 Å². The van der Waals surface area contributed by atoms with Crippen molar-refractivity contribution >= 4 is 40.4 Å². The maximum Gasteiger partial charge on any atom is 0.282 e. The fourth-order valence-electron chi connectivity index (χ4n) is 3.47. The molecule has 0 saturated heterocycles. The number of imide groups is 1. The smallest absolute Gasteiger partial charge is 0.282 e. The average molecular weight is 419 g/mol. The fraction of sp³-hybridized carbons (Fsp3) is 0.0833. The highest BCUT2D eigenvalue weighted by Gasteiger charge is 2.41. The van der Waals surface area contributed by atoms with Gasteiger partial charge in [0.2, 0.25) is 0 Å². The van der Waals surface area contributed by atoms with Gasteiger partial charge in [0.05, 0.1) is 18.4 Å². The molecular formula is C24H19ClN2O3. The van der Waals surface area contributed by atoms with Crippen molar-refractivity contribution in [1.29, 1.82) is 0 Å². The van der Waals surface area contributed by atoms with Crippen LogP contribution in [0, 0.1) is 6.92 Å². The highest BCUT2D eigenvalue weighted by atomic mass is 35.5. The maximum atomic E-state index is 13.6. The molecule has 1 N–H and O–H groups in total. The van der Waals surface area contributed by atoms with Crippen molar-refractivity contribution in [2.24, 2.45) is 0 Å². The summed E-state index contributed by atoms with van der Waals surface area (Å²) in [5, 5.41) is 3.62. The van der Waals surface area contributed by atoms with Gasteiger partial charge in [-0.3, -0.25) is 9.59 Å². The third-order valence-electron chi connectivity index (χ3n) is 4.98. The van der Waals surface area contributed by atoms with Crippen molar-refractivity contribution in [3.05, 3.63) is 94.6 Å². The maximum absolute atomic E-state index is 13.6. The molecule has 3 aromatic rings. The summed E-state index contributed by atoms with van der Waals surface area (Å²) < 4.78 is 5.46. The second-order valence-corrected chi connectivity index (χ2v) is 7.18. The van der Waals surface area contributed by atoms with Gasteiger partial charge >= 0.3 is 0 Å². The normalized spacial score (nSPS) is 13.8. The predicted octanol–water partition coefficient (Wildman–Crippen LogP) is 5.05. The van der Waals surface area contributed by atoms with Crippen LogP contribution in [0.15, 0.2) is 78.5 Å². The lowest BCUT2D eigenvalue weighted by molar-refractivity contribution is -0.120. The lowest BCUT2D eigenvalue weighted by Gasteiger charge is -2.18. The van der Waals surface area contributed by atoms with Gasteiger partial charge in [0, 0.05) is 16.3 Å². The van der Waals surface area contributed by atoms with Crippen LogP contribution in [-0.4, -0.2) is 18.9 Å². The Balaban J connectivity index is 1.89. The highest BCUT2D eigenvalue weighted by Crippen LogP contribution is 2.39. The molecule has 0 radical (unpaired) electrons. The van der Waals surface area contributed by atoms with Gasteiger partial charge in [0.15, 0.2) is 0 Å². The minimum Gasteiger partial charge on any atom is -0.496 e. The van der Waals surface area contributed by atoms with Gasteiger partial charge in [0.1, 0.15) is 11.4 Å². The lowest BCUT2D eigenvalue weighted by Crippen LogP contribution is -2.33. The molecule has 0 bridgehead atoms. The molecule has 1 aliphatic heterocycles. The Morgan fingerprint density at radius 1 is 0.867 bits per heavy atom. The van der Waals surface area contributed by atoms with Crippen molar-refractivity contribution in [2.75, 3.05) is 17.3 Å². The molecule has 0 atom stereocenters. The SMILES string of the molecule is COc1ccccc1C1=C(Nc2ccccc2)C(=O)N(c2cccc(Cl)c2C)C1=O. The Morgan fingerprint density at radius 3 is 2.30 bits per heavy atom. The molecular weight excluding hydrogens is 400 g/mol. The highest BCUT2D eigenvalue weighted by molar-refractivity contribution is 6.47. The third kappa shape index (κ3) is 3.33. The van der Waals surface area contributed by atoms with E-state index in [1.807, 2.05) is 36.4 Å². The standard InChI is InChI=1S/C24H19ClN2O3/c1-15-18(25)12-8-13-19(15)27-23(28)21(17-11-6-7-14-20(17)30-2)22(24(27)29)26-16-9-4-3-5-10-16/h3-14,26H,1-2H3. The van der Waals surface area contributed by atoms with Crippen LogP contribution < -0.4 is 15.0 Å². The topological polar surface area (TPSA) is 58.6 Å². The van der Waals surface area contributed by atoms with Crippen LogP contribution >= 0.6 is 11.6 Å². The molecule has 0 saturated carbocycles. The van der Waals surface area contributed by atoms with Crippen LogP contribution in [0.5, 0.6) is 5.75 Å². The Labute approximate surface area is 179 Å². The molecule has 2 amide bonds. The van der Waals surface area contributed by atoms with E-state index in [-0.39, 0.29) is 11.3 Å². The Morgan fingerprint density at radius 2 is 1.57 bits per heavy atom. The minimum atomic E-state index is -0.449. The number of anilines is 2. The van der Waals surface area contributed by atoms with Gasteiger partial charge in [-0.15, -0.1) is 0 Å². The fourth-order valence-corrected chi connectivity index (χ4v) is 3.64. The monoisotopic (exact) mass is 418 g/mol. The molecule has 5 nitrogen and oxygen atoms in total. The zero-order valence-electron chi connectivity index (χ0n) is 16.5. The van der Waals surface area contributed by atoms with Crippen LogP contribution in [-0.2, 0) is 9.59 Å². The number of hydrogen-bond donors (Lipinski definition) is 1. The van der Waals surface area contributed by atoms with E-state index in [4.69, 9.17) is 16.3 Å². The second-order valence-electron chi connectivity index (χ2n) is 6.77. The van der Waals surface area contributed by atoms with E-state index >= 15 is 0 Å². The lowest BCUT2D eigenvalue weighted by atomic mass is 10.0. The van der Waals surface area contributed by atoms with Gasteiger partial charge in [-0.1, -0.05) is 54.1 Å². The Bertz CT molecular complexity index is 1170. The number of hydrogen-bond acceptors (Lipinski definition) is 4. The number of nitrogens with zero attached hydrogens (tertiary/aromatic N) is 1. The van der Waals surface area contributed by atoms with E-state index in [1.165, 1.54) is 7.11 Å². The summed E-state index contributed by atoms with van der Waals surface area (Å²) in [5.74, 6) is -0.380. The van der Waals surface area contributed by atoms with Crippen molar-refractivity contribution in [1.82, 2.24) is 0 Å². The summed E-state index contributed by atoms with van der Waals surface area (Å²) in [7, 11) is 1.53. The van der Waals surface area contributed by atoms with Gasteiger partial charge in [-0.25, -0.2) is 4.90 Å². The van der Waals surface area contributed by atoms with Crippen LogP contribution in [0.3, 0.4) is 0 Å². The summed E-state index contributed by atoms with van der Waals surface area (Å²) in [6, 6.07) is 21.5. The second kappa shape index (κ2) is 8.05. The van der Waals surface area contributed by atoms with E-state index in [9.17, 15) is 9.59 Å². The molecule has 1 heterocycles. The number of amides is 2. The number of carbonyl (C=O) groups is 2. The number of ether oxygens (including phenoxy) is 1. The van der Waals surface area contributed by atoms with Crippen LogP contribution in [0.25, 0.3) is 5.57 Å². The number of rotatable bonds is 5. The summed E-state index contributed by atoms with van der Waals surface area (Å²) >= 11 is 6.26. The van der Waals surface area contributed by atoms with Crippen LogP contribution in [0.4, 0.5) is 11.4 Å². The van der Waals surface area contributed by atoms with Gasteiger partial charge in [0.25, 0.3) is 11.8 Å². The van der Waals surface area contributed by atoms with Crippen molar-refractivity contribution in [2.45, 2.75) is 6.92 Å². The number of carbonyl (C=O) groups excluding carboxylic acids is 2. The molecule has 0 aromatic heterocycles. The summed E-state index contributed by atoms with van der Waals surface area (Å²) in [6.07, 6.45) is 0. The van der Waals surface area contributed by atoms with Gasteiger partial charge < -0.3 is 10.1 Å². The molecule has 150 valence electrons. The number of halogens is 1. The largest absolute Gasteiger partial charge is 0.496 e. The minimum absolute atomic E-state index is 0.190. The number of methoxy groups -OCH3 is 1. The van der Waals surface area contributed by atoms with E-state index in [2.05, 4.69) is 5.32 Å². The first-order valence-corrected chi connectivity index (χ1v) is 9.74.